The highest BCUT2D eigenvalue weighted by Crippen LogP contribution is 2.41. The summed E-state index contributed by atoms with van der Waals surface area (Å²) >= 11 is 0. The Morgan fingerprint density at radius 3 is 2.78 bits per heavy atom. The molecule has 1 saturated carbocycles. The van der Waals surface area contributed by atoms with Crippen molar-refractivity contribution in [1.29, 1.82) is 0 Å². The molecule has 2 fully saturated rings. The van der Waals surface area contributed by atoms with E-state index in [9.17, 15) is 4.79 Å². The van der Waals surface area contributed by atoms with Crippen molar-refractivity contribution in [2.75, 3.05) is 31.6 Å². The first-order valence-corrected chi connectivity index (χ1v) is 8.28. The van der Waals surface area contributed by atoms with E-state index >= 15 is 0 Å². The van der Waals surface area contributed by atoms with E-state index in [2.05, 4.69) is 21.8 Å². The van der Waals surface area contributed by atoms with Crippen LogP contribution in [-0.2, 0) is 0 Å². The molecule has 2 aromatic rings. The lowest BCUT2D eigenvalue weighted by atomic mass is 10.0. The van der Waals surface area contributed by atoms with Crippen LogP contribution in [0, 0.1) is 5.92 Å². The molecule has 1 atom stereocenters. The molecule has 1 aliphatic carbocycles. The first-order chi connectivity index (χ1) is 11.1. The van der Waals surface area contributed by atoms with E-state index in [1.165, 1.54) is 12.8 Å². The molecule has 1 unspecified atom stereocenters. The number of primary amides is 1. The summed E-state index contributed by atoms with van der Waals surface area (Å²) in [6.07, 6.45) is 4.20. The number of hydrogen-bond acceptors (Lipinski definition) is 4. The van der Waals surface area contributed by atoms with E-state index in [0.29, 0.717) is 11.6 Å². The van der Waals surface area contributed by atoms with Crippen molar-refractivity contribution in [3.8, 4) is 0 Å². The van der Waals surface area contributed by atoms with E-state index in [4.69, 9.17) is 5.73 Å². The number of nitrogens with zero attached hydrogens (tertiary/aromatic N) is 3. The third-order valence-corrected chi connectivity index (χ3v) is 5.09. The molecule has 5 nitrogen and oxygen atoms in total. The summed E-state index contributed by atoms with van der Waals surface area (Å²) in [7, 11) is 2.17. The minimum Gasteiger partial charge on any atom is -0.365 e. The van der Waals surface area contributed by atoms with Crippen molar-refractivity contribution in [3.63, 3.8) is 0 Å². The number of anilines is 1. The summed E-state index contributed by atoms with van der Waals surface area (Å²) in [5.74, 6) is 0.331. The highest BCUT2D eigenvalue weighted by atomic mass is 16.1. The van der Waals surface area contributed by atoms with Crippen LogP contribution in [0.1, 0.15) is 23.2 Å². The Labute approximate surface area is 136 Å². The topological polar surface area (TPSA) is 62.5 Å². The van der Waals surface area contributed by atoms with Crippen molar-refractivity contribution >= 4 is 22.5 Å². The van der Waals surface area contributed by atoms with E-state index < -0.39 is 5.91 Å². The van der Waals surface area contributed by atoms with Gasteiger partial charge in [0.1, 0.15) is 0 Å². The standard InChI is InChI=1S/C18H22N4O/c1-21-8-9-22(16(11-21)12-6-7-12)17-13-4-2-3-5-15(13)20-10-14(17)18(19)23/h2-5,10,12,16H,6-9,11H2,1H3,(H2,19,23). The zero-order chi connectivity index (χ0) is 16.0. The van der Waals surface area contributed by atoms with E-state index in [1.54, 1.807) is 6.20 Å². The number of carbonyl (C=O) groups is 1. The number of likely N-dealkylation sites (N-methyl/N-ethyl adjacent to an activating group) is 1. The quantitative estimate of drug-likeness (QED) is 0.940. The lowest BCUT2D eigenvalue weighted by Gasteiger charge is -2.42. The Morgan fingerprint density at radius 2 is 2.04 bits per heavy atom. The fourth-order valence-corrected chi connectivity index (χ4v) is 3.73. The highest BCUT2D eigenvalue weighted by Gasteiger charge is 2.39. The second kappa shape index (κ2) is 5.49. The molecule has 1 aromatic carbocycles. The van der Waals surface area contributed by atoms with Crippen molar-refractivity contribution in [2.45, 2.75) is 18.9 Å². The van der Waals surface area contributed by atoms with Crippen molar-refractivity contribution in [2.24, 2.45) is 11.7 Å². The lowest BCUT2D eigenvalue weighted by Crippen LogP contribution is -2.53. The number of rotatable bonds is 3. The summed E-state index contributed by atoms with van der Waals surface area (Å²) < 4.78 is 0. The summed E-state index contributed by atoms with van der Waals surface area (Å²) in [5.41, 5.74) is 8.10. The Hall–Kier alpha value is -2.14. The van der Waals surface area contributed by atoms with Crippen LogP contribution in [0.4, 0.5) is 5.69 Å². The fraction of sp³-hybridized carbons (Fsp3) is 0.444. The number of pyridine rings is 1. The SMILES string of the molecule is CN1CCN(c2c(C(N)=O)cnc3ccccc23)C(C2CC2)C1. The minimum absolute atomic E-state index is 0.397. The maximum absolute atomic E-state index is 12.0. The van der Waals surface area contributed by atoms with Gasteiger partial charge in [-0.25, -0.2) is 0 Å². The van der Waals surface area contributed by atoms with Gasteiger partial charge in [-0.1, -0.05) is 18.2 Å². The molecule has 1 aliphatic heterocycles. The average molecular weight is 310 g/mol. The number of benzene rings is 1. The molecule has 1 saturated heterocycles. The first kappa shape index (κ1) is 14.5. The van der Waals surface area contributed by atoms with Gasteiger partial charge in [0.25, 0.3) is 5.91 Å². The number of carbonyl (C=O) groups excluding carboxylic acids is 1. The number of amides is 1. The number of aromatic nitrogens is 1. The van der Waals surface area contributed by atoms with Gasteiger partial charge in [-0.15, -0.1) is 0 Å². The predicted molar refractivity (Wildman–Crippen MR) is 91.6 cm³/mol. The summed E-state index contributed by atoms with van der Waals surface area (Å²) in [5, 5.41) is 1.03. The van der Waals surface area contributed by atoms with E-state index in [1.807, 2.05) is 24.3 Å². The molecule has 0 bridgehead atoms. The van der Waals surface area contributed by atoms with Crippen LogP contribution < -0.4 is 10.6 Å². The monoisotopic (exact) mass is 310 g/mol. The molecule has 1 amide bonds. The summed E-state index contributed by atoms with van der Waals surface area (Å²) in [4.78, 5) is 21.2. The van der Waals surface area contributed by atoms with Crippen molar-refractivity contribution in [3.05, 3.63) is 36.0 Å². The molecule has 2 heterocycles. The van der Waals surface area contributed by atoms with Crippen LogP contribution in [0.25, 0.3) is 10.9 Å². The van der Waals surface area contributed by atoms with Crippen molar-refractivity contribution in [1.82, 2.24) is 9.88 Å². The molecular formula is C18H22N4O. The normalized spacial score (nSPS) is 22.5. The first-order valence-electron chi connectivity index (χ1n) is 8.28. The van der Waals surface area contributed by atoms with Gasteiger partial charge in [-0.3, -0.25) is 9.78 Å². The second-order valence-corrected chi connectivity index (χ2v) is 6.76. The highest BCUT2D eigenvalue weighted by molar-refractivity contribution is 6.06. The van der Waals surface area contributed by atoms with E-state index in [0.717, 1.165) is 42.1 Å². The van der Waals surface area contributed by atoms with Gasteiger partial charge in [-0.2, -0.15) is 0 Å². The predicted octanol–water partition coefficient (Wildman–Crippen LogP) is 1.86. The largest absolute Gasteiger partial charge is 0.365 e. The molecule has 23 heavy (non-hydrogen) atoms. The molecule has 2 aliphatic rings. The Bertz CT molecular complexity index is 756. The smallest absolute Gasteiger partial charge is 0.252 e. The summed E-state index contributed by atoms with van der Waals surface area (Å²) in [6, 6.07) is 8.47. The molecule has 5 heteroatoms. The maximum atomic E-state index is 12.0. The van der Waals surface area contributed by atoms with Crippen LogP contribution in [0.2, 0.25) is 0 Å². The average Bonchev–Trinajstić information content (AvgIpc) is 3.38. The molecule has 2 N–H and O–H groups in total. The minimum atomic E-state index is -0.397. The molecule has 0 spiro atoms. The number of hydrogen-bond donors (Lipinski definition) is 1. The third kappa shape index (κ3) is 2.55. The zero-order valence-electron chi connectivity index (χ0n) is 13.4. The van der Waals surface area contributed by atoms with Gasteiger partial charge in [0.15, 0.2) is 0 Å². The lowest BCUT2D eigenvalue weighted by molar-refractivity contribution is 0.1000. The molecule has 0 radical (unpaired) electrons. The Kier molecular flexibility index (Phi) is 3.45. The Balaban J connectivity index is 1.88. The number of para-hydroxylation sites is 1. The second-order valence-electron chi connectivity index (χ2n) is 6.76. The van der Waals surface area contributed by atoms with Crippen LogP contribution in [0.5, 0.6) is 0 Å². The molecule has 120 valence electrons. The van der Waals surface area contributed by atoms with Crippen LogP contribution >= 0.6 is 0 Å². The van der Waals surface area contributed by atoms with Crippen molar-refractivity contribution < 1.29 is 4.79 Å². The number of nitrogens with two attached hydrogens (primary N) is 1. The maximum Gasteiger partial charge on any atom is 0.252 e. The van der Waals surface area contributed by atoms with E-state index in [-0.39, 0.29) is 0 Å². The fourth-order valence-electron chi connectivity index (χ4n) is 3.73. The number of piperazine rings is 1. The van der Waals surface area contributed by atoms with Gasteiger partial charge in [0.2, 0.25) is 0 Å². The zero-order valence-corrected chi connectivity index (χ0v) is 13.4. The summed E-state index contributed by atoms with van der Waals surface area (Å²) in [6.45, 7) is 2.96. The van der Waals surface area contributed by atoms with Gasteiger partial charge < -0.3 is 15.5 Å². The number of fused-ring (bicyclic) bond motifs is 1. The van der Waals surface area contributed by atoms with Gasteiger partial charge in [-0.05, 0) is 31.9 Å². The molecular weight excluding hydrogens is 288 g/mol. The van der Waals surface area contributed by atoms with Crippen LogP contribution in [0.3, 0.4) is 0 Å². The Morgan fingerprint density at radius 1 is 1.26 bits per heavy atom. The molecule has 1 aromatic heterocycles. The van der Waals surface area contributed by atoms with Crippen LogP contribution in [0.15, 0.2) is 30.5 Å². The van der Waals surface area contributed by atoms with Gasteiger partial charge in [0.05, 0.1) is 16.8 Å². The third-order valence-electron chi connectivity index (χ3n) is 5.09. The van der Waals surface area contributed by atoms with Gasteiger partial charge in [0, 0.05) is 37.3 Å². The molecule has 4 rings (SSSR count). The van der Waals surface area contributed by atoms with Crippen LogP contribution in [-0.4, -0.2) is 48.5 Å². The van der Waals surface area contributed by atoms with Gasteiger partial charge >= 0.3 is 0 Å².